The Morgan fingerprint density at radius 1 is 1.10 bits per heavy atom. The van der Waals surface area contributed by atoms with Gasteiger partial charge in [-0.3, -0.25) is 14.0 Å². The maximum absolute atomic E-state index is 13.4. The normalized spacial score (nSPS) is 14.5. The summed E-state index contributed by atoms with van der Waals surface area (Å²) in [7, 11) is 0. The molecular weight excluding hydrogens is 395 g/mol. The Hall–Kier alpha value is -3.22. The number of amides is 2. The van der Waals surface area contributed by atoms with Gasteiger partial charge < -0.3 is 10.6 Å². The first-order valence-corrected chi connectivity index (χ1v) is 10.8. The van der Waals surface area contributed by atoms with Gasteiger partial charge in [0, 0.05) is 19.3 Å². The van der Waals surface area contributed by atoms with Crippen molar-refractivity contribution in [1.29, 1.82) is 0 Å². The first-order valence-electron chi connectivity index (χ1n) is 10.8. The predicted molar refractivity (Wildman–Crippen MR) is 116 cm³/mol. The van der Waals surface area contributed by atoms with E-state index in [4.69, 9.17) is 0 Å². The van der Waals surface area contributed by atoms with E-state index < -0.39 is 0 Å². The van der Waals surface area contributed by atoms with Gasteiger partial charge in [-0.05, 0) is 55.0 Å². The number of rotatable bonds is 6. The van der Waals surface area contributed by atoms with Crippen molar-refractivity contribution in [2.24, 2.45) is 5.92 Å². The zero-order valence-electron chi connectivity index (χ0n) is 17.7. The molecule has 4 rings (SSSR count). The molecule has 0 spiro atoms. The number of aromatic nitrogens is 2. The second kappa shape index (κ2) is 9.29. The Kier molecular flexibility index (Phi) is 6.30. The number of hydrogen-bond acceptors (Lipinski definition) is 3. The summed E-state index contributed by atoms with van der Waals surface area (Å²) in [6.45, 7) is 2.63. The van der Waals surface area contributed by atoms with Crippen molar-refractivity contribution < 1.29 is 14.0 Å². The van der Waals surface area contributed by atoms with Gasteiger partial charge >= 0.3 is 0 Å². The monoisotopic (exact) mass is 422 g/mol. The number of halogens is 1. The van der Waals surface area contributed by atoms with Crippen LogP contribution in [0.15, 0.2) is 42.6 Å². The fourth-order valence-electron chi connectivity index (χ4n) is 4.11. The smallest absolute Gasteiger partial charge is 0.271 e. The first kappa shape index (κ1) is 21.0. The molecule has 0 unspecified atom stereocenters. The molecule has 2 N–H and O–H groups in total. The van der Waals surface area contributed by atoms with Crippen molar-refractivity contribution in [3.63, 3.8) is 0 Å². The van der Waals surface area contributed by atoms with Gasteiger partial charge in [0.15, 0.2) is 0 Å². The van der Waals surface area contributed by atoms with Crippen LogP contribution in [0, 0.1) is 18.7 Å². The van der Waals surface area contributed by atoms with E-state index in [9.17, 15) is 14.0 Å². The van der Waals surface area contributed by atoms with Crippen LogP contribution < -0.4 is 10.6 Å². The fourth-order valence-corrected chi connectivity index (χ4v) is 4.11. The number of imidazole rings is 1. The number of benzene rings is 1. The number of nitrogens with zero attached hydrogens (tertiary/aromatic N) is 2. The lowest BCUT2D eigenvalue weighted by Crippen LogP contribution is -2.31. The van der Waals surface area contributed by atoms with Crippen LogP contribution in [0.4, 0.5) is 4.39 Å². The summed E-state index contributed by atoms with van der Waals surface area (Å²) in [6, 6.07) is 9.99. The van der Waals surface area contributed by atoms with Crippen molar-refractivity contribution in [2.45, 2.75) is 45.6 Å². The summed E-state index contributed by atoms with van der Waals surface area (Å²) < 4.78 is 15.1. The average Bonchev–Trinajstić information content (AvgIpc) is 3.23. The minimum Gasteiger partial charge on any atom is -0.350 e. The SMILES string of the molecule is Cc1cc(CNC(=O)c2cn3c(C(=O)NCC4CCCCC4)cccc3n2)ccc1F. The molecule has 1 saturated carbocycles. The Morgan fingerprint density at radius 2 is 1.90 bits per heavy atom. The zero-order valence-corrected chi connectivity index (χ0v) is 17.7. The number of hydrogen-bond donors (Lipinski definition) is 2. The molecule has 0 saturated heterocycles. The molecule has 0 aliphatic heterocycles. The van der Waals surface area contributed by atoms with E-state index in [1.54, 1.807) is 47.9 Å². The Bertz CT molecular complexity index is 1100. The van der Waals surface area contributed by atoms with Gasteiger partial charge in [-0.15, -0.1) is 0 Å². The second-order valence-electron chi connectivity index (χ2n) is 8.25. The summed E-state index contributed by atoms with van der Waals surface area (Å²) in [5.74, 6) is -0.248. The third-order valence-corrected chi connectivity index (χ3v) is 5.91. The predicted octanol–water partition coefficient (Wildman–Crippen LogP) is 4.02. The highest BCUT2D eigenvalue weighted by atomic mass is 19.1. The van der Waals surface area contributed by atoms with Gasteiger partial charge in [0.05, 0.1) is 0 Å². The van der Waals surface area contributed by atoms with Crippen molar-refractivity contribution in [2.75, 3.05) is 6.54 Å². The molecule has 0 bridgehead atoms. The van der Waals surface area contributed by atoms with Crippen LogP contribution in [0.5, 0.6) is 0 Å². The van der Waals surface area contributed by atoms with Crippen molar-refractivity contribution >= 4 is 17.5 Å². The van der Waals surface area contributed by atoms with Gasteiger partial charge in [-0.1, -0.05) is 37.5 Å². The highest BCUT2D eigenvalue weighted by Crippen LogP contribution is 2.23. The van der Waals surface area contributed by atoms with E-state index in [0.29, 0.717) is 29.4 Å². The number of fused-ring (bicyclic) bond motifs is 1. The number of carbonyl (C=O) groups excluding carboxylic acids is 2. The van der Waals surface area contributed by atoms with Crippen LogP contribution in [0.3, 0.4) is 0 Å². The van der Waals surface area contributed by atoms with Crippen LogP contribution in [0.2, 0.25) is 0 Å². The number of aryl methyl sites for hydroxylation is 1. The van der Waals surface area contributed by atoms with E-state index in [-0.39, 0.29) is 29.9 Å². The Labute approximate surface area is 180 Å². The molecule has 1 aromatic carbocycles. The van der Waals surface area contributed by atoms with E-state index in [1.807, 2.05) is 0 Å². The maximum atomic E-state index is 13.4. The number of pyridine rings is 1. The molecule has 162 valence electrons. The minimum absolute atomic E-state index is 0.165. The van der Waals surface area contributed by atoms with Gasteiger partial charge in [0.2, 0.25) is 0 Å². The van der Waals surface area contributed by atoms with Crippen LogP contribution >= 0.6 is 0 Å². The third kappa shape index (κ3) is 4.93. The van der Waals surface area contributed by atoms with Crippen molar-refractivity contribution in [3.8, 4) is 0 Å². The minimum atomic E-state index is -0.348. The van der Waals surface area contributed by atoms with E-state index in [2.05, 4.69) is 15.6 Å². The van der Waals surface area contributed by atoms with E-state index in [1.165, 1.54) is 25.3 Å². The molecule has 1 aliphatic rings. The lowest BCUT2D eigenvalue weighted by molar-refractivity contribution is 0.0930. The molecule has 2 amide bonds. The zero-order chi connectivity index (χ0) is 21.8. The summed E-state index contributed by atoms with van der Waals surface area (Å²) >= 11 is 0. The quantitative estimate of drug-likeness (QED) is 0.630. The summed E-state index contributed by atoms with van der Waals surface area (Å²) in [4.78, 5) is 29.7. The average molecular weight is 423 g/mol. The standard InChI is InChI=1S/C24H27FN4O2/c1-16-12-18(10-11-19(16)25)14-26-23(30)20-15-29-21(8-5-9-22(29)28-20)24(31)27-13-17-6-3-2-4-7-17/h5,8-12,15,17H,2-4,6-7,13-14H2,1H3,(H,26,30)(H,27,31). The first-order chi connectivity index (χ1) is 15.0. The lowest BCUT2D eigenvalue weighted by atomic mass is 9.89. The van der Waals surface area contributed by atoms with Crippen LogP contribution in [0.1, 0.15) is 64.2 Å². The lowest BCUT2D eigenvalue weighted by Gasteiger charge is -2.21. The fraction of sp³-hybridized carbons (Fsp3) is 0.375. The molecule has 2 aromatic heterocycles. The van der Waals surface area contributed by atoms with Crippen LogP contribution in [-0.2, 0) is 6.54 Å². The summed E-state index contributed by atoms with van der Waals surface area (Å²) in [6.07, 6.45) is 7.64. The molecule has 1 fully saturated rings. The van der Waals surface area contributed by atoms with Gasteiger partial charge in [0.25, 0.3) is 11.8 Å². The molecule has 31 heavy (non-hydrogen) atoms. The molecule has 0 atom stereocenters. The molecule has 3 aromatic rings. The van der Waals surface area contributed by atoms with Gasteiger partial charge in [0.1, 0.15) is 22.9 Å². The summed E-state index contributed by atoms with van der Waals surface area (Å²) in [5, 5.41) is 5.84. The highest BCUT2D eigenvalue weighted by molar-refractivity contribution is 5.95. The maximum Gasteiger partial charge on any atom is 0.271 e. The Balaban J connectivity index is 1.44. The number of nitrogens with one attached hydrogen (secondary N) is 2. The number of carbonyl (C=O) groups is 2. The van der Waals surface area contributed by atoms with E-state index in [0.717, 1.165) is 18.4 Å². The summed E-state index contributed by atoms with van der Waals surface area (Å²) in [5.41, 5.74) is 2.55. The third-order valence-electron chi connectivity index (χ3n) is 5.91. The van der Waals surface area contributed by atoms with Crippen LogP contribution in [-0.4, -0.2) is 27.7 Å². The molecular formula is C24H27FN4O2. The van der Waals surface area contributed by atoms with Crippen molar-refractivity contribution in [1.82, 2.24) is 20.0 Å². The van der Waals surface area contributed by atoms with Gasteiger partial charge in [-0.25, -0.2) is 9.37 Å². The van der Waals surface area contributed by atoms with Gasteiger partial charge in [-0.2, -0.15) is 0 Å². The van der Waals surface area contributed by atoms with E-state index >= 15 is 0 Å². The molecule has 1 aliphatic carbocycles. The molecule has 0 radical (unpaired) electrons. The second-order valence-corrected chi connectivity index (χ2v) is 8.25. The topological polar surface area (TPSA) is 75.5 Å². The Morgan fingerprint density at radius 3 is 2.68 bits per heavy atom. The molecule has 6 nitrogen and oxygen atoms in total. The highest BCUT2D eigenvalue weighted by Gasteiger charge is 2.18. The van der Waals surface area contributed by atoms with Crippen molar-refractivity contribution in [3.05, 3.63) is 70.9 Å². The largest absolute Gasteiger partial charge is 0.350 e. The molecule has 7 heteroatoms. The molecule has 2 heterocycles. The van der Waals surface area contributed by atoms with Crippen LogP contribution in [0.25, 0.3) is 5.65 Å².